The fourth-order valence-corrected chi connectivity index (χ4v) is 0.226. The van der Waals surface area contributed by atoms with Crippen LogP contribution in [0.15, 0.2) is 28.9 Å². The van der Waals surface area contributed by atoms with Crippen LogP contribution < -0.4 is 0 Å². The third kappa shape index (κ3) is 4.79. The van der Waals surface area contributed by atoms with Gasteiger partial charge in [0, 0.05) is 6.21 Å². The molecule has 0 atom stereocenters. The normalized spacial score (nSPS) is 8.89. The van der Waals surface area contributed by atoms with E-state index in [1.807, 2.05) is 0 Å². The van der Waals surface area contributed by atoms with Gasteiger partial charge in [0.25, 0.3) is 0 Å². The second-order valence-electron chi connectivity index (χ2n) is 1.27. The van der Waals surface area contributed by atoms with Crippen LogP contribution in [0.3, 0.4) is 0 Å². The second-order valence-corrected chi connectivity index (χ2v) is 1.71. The summed E-state index contributed by atoms with van der Waals surface area (Å²) in [6.45, 7) is 6.61. The van der Waals surface area contributed by atoms with E-state index in [4.69, 9.17) is 16.9 Å². The predicted molar refractivity (Wildman–Crippen MR) is 38.2 cm³/mol. The van der Waals surface area contributed by atoms with Crippen LogP contribution in [0.4, 0.5) is 0 Å². The lowest BCUT2D eigenvalue weighted by molar-refractivity contribution is 1.51. The monoisotopic (exact) mass is 140 g/mol. The van der Waals surface area contributed by atoms with E-state index < -0.39 is 0 Å². The Bertz CT molecular complexity index is 198. The van der Waals surface area contributed by atoms with Gasteiger partial charge in [-0.1, -0.05) is 24.8 Å². The maximum Gasteiger partial charge on any atom is 0.121 e. The highest BCUT2D eigenvalue weighted by Crippen LogP contribution is 1.96. The highest BCUT2D eigenvalue weighted by molar-refractivity contribution is 6.29. The van der Waals surface area contributed by atoms with E-state index in [0.717, 1.165) is 0 Å². The Morgan fingerprint density at radius 1 is 1.67 bits per heavy atom. The number of halogens is 1. The summed E-state index contributed by atoms with van der Waals surface area (Å²) >= 11 is 5.24. The summed E-state index contributed by atoms with van der Waals surface area (Å²) in [5, 5.41) is 8.28. The lowest BCUT2D eigenvalue weighted by Crippen LogP contribution is -1.74. The topological polar surface area (TPSA) is 36.1 Å². The molecule has 9 heavy (non-hydrogen) atoms. The summed E-state index contributed by atoms with van der Waals surface area (Å²) in [7, 11) is 0. The molecule has 3 heteroatoms. The summed E-state index contributed by atoms with van der Waals surface area (Å²) in [6.07, 6.45) is 1.26. The molecular formula is C6H5ClN2. The fourth-order valence-electron chi connectivity index (χ4n) is 0.177. The van der Waals surface area contributed by atoms with Crippen LogP contribution >= 0.6 is 11.6 Å². The Morgan fingerprint density at radius 2 is 2.22 bits per heavy atom. The van der Waals surface area contributed by atoms with Gasteiger partial charge in [0.15, 0.2) is 0 Å². The van der Waals surface area contributed by atoms with Gasteiger partial charge in [0.2, 0.25) is 0 Å². The number of aliphatic imine (C=N–C) groups is 1. The molecule has 0 aliphatic heterocycles. The van der Waals surface area contributed by atoms with Crippen molar-refractivity contribution >= 4 is 17.8 Å². The van der Waals surface area contributed by atoms with Crippen molar-refractivity contribution in [3.63, 3.8) is 0 Å². The molecule has 0 saturated carbocycles. The van der Waals surface area contributed by atoms with Gasteiger partial charge in [-0.2, -0.15) is 5.26 Å². The molecule has 0 amide bonds. The van der Waals surface area contributed by atoms with Gasteiger partial charge < -0.3 is 0 Å². The van der Waals surface area contributed by atoms with E-state index in [1.165, 1.54) is 6.21 Å². The summed E-state index contributed by atoms with van der Waals surface area (Å²) in [5.74, 6) is 0. The first kappa shape index (κ1) is 7.93. The van der Waals surface area contributed by atoms with Crippen molar-refractivity contribution < 1.29 is 0 Å². The lowest BCUT2D eigenvalue weighted by Gasteiger charge is -1.80. The first-order chi connectivity index (χ1) is 4.16. The van der Waals surface area contributed by atoms with Crippen LogP contribution in [-0.4, -0.2) is 6.21 Å². The van der Waals surface area contributed by atoms with Crippen LogP contribution in [0.25, 0.3) is 0 Å². The van der Waals surface area contributed by atoms with E-state index in [-0.39, 0.29) is 10.7 Å². The number of nitriles is 1. The van der Waals surface area contributed by atoms with E-state index in [1.54, 1.807) is 6.07 Å². The van der Waals surface area contributed by atoms with Gasteiger partial charge in [-0.05, 0) is 0 Å². The molecule has 0 aromatic rings. The molecule has 0 heterocycles. The molecule has 0 aromatic heterocycles. The van der Waals surface area contributed by atoms with Crippen molar-refractivity contribution in [2.75, 3.05) is 0 Å². The van der Waals surface area contributed by atoms with Gasteiger partial charge in [0.05, 0.1) is 5.57 Å². The average Bonchev–Trinajstić information content (AvgIpc) is 1.83. The summed E-state index contributed by atoms with van der Waals surface area (Å²) in [5.41, 5.74) is 0.261. The Hall–Kier alpha value is -1.07. The van der Waals surface area contributed by atoms with Crippen molar-refractivity contribution in [1.82, 2.24) is 0 Å². The zero-order chi connectivity index (χ0) is 7.28. The third-order valence-corrected chi connectivity index (χ3v) is 0.602. The van der Waals surface area contributed by atoms with E-state index in [0.29, 0.717) is 0 Å². The first-order valence-corrected chi connectivity index (χ1v) is 2.52. The third-order valence-electron chi connectivity index (χ3n) is 0.504. The minimum atomic E-state index is 0.145. The average molecular weight is 141 g/mol. The lowest BCUT2D eigenvalue weighted by atomic mass is 10.4. The maximum atomic E-state index is 8.13. The molecule has 0 spiro atoms. The molecule has 0 rings (SSSR count). The van der Waals surface area contributed by atoms with E-state index >= 15 is 0 Å². The number of hydrogen-bond acceptors (Lipinski definition) is 2. The van der Waals surface area contributed by atoms with Gasteiger partial charge >= 0.3 is 0 Å². The maximum absolute atomic E-state index is 8.13. The van der Waals surface area contributed by atoms with Crippen LogP contribution in [0.1, 0.15) is 0 Å². The van der Waals surface area contributed by atoms with Gasteiger partial charge in [-0.3, -0.25) is 0 Å². The molecule has 0 saturated heterocycles. The van der Waals surface area contributed by atoms with Gasteiger partial charge in [-0.25, -0.2) is 4.99 Å². The molecule has 0 bridgehead atoms. The van der Waals surface area contributed by atoms with Crippen molar-refractivity contribution in [3.05, 3.63) is 23.9 Å². The summed E-state index contributed by atoms with van der Waals surface area (Å²) in [6, 6.07) is 1.78. The zero-order valence-electron chi connectivity index (χ0n) is 4.76. The predicted octanol–water partition coefficient (Wildman–Crippen LogP) is 1.85. The van der Waals surface area contributed by atoms with Crippen LogP contribution in [-0.2, 0) is 0 Å². The first-order valence-electron chi connectivity index (χ1n) is 2.14. The smallest absolute Gasteiger partial charge is 0.121 e. The Labute approximate surface area is 58.8 Å². The quantitative estimate of drug-likeness (QED) is 0.328. The number of hydrogen-bond donors (Lipinski definition) is 0. The molecule has 0 fully saturated rings. The van der Waals surface area contributed by atoms with Crippen LogP contribution in [0.2, 0.25) is 0 Å². The van der Waals surface area contributed by atoms with Crippen molar-refractivity contribution in [2.24, 2.45) is 4.99 Å². The summed E-state index contributed by atoms with van der Waals surface area (Å²) < 4.78 is 0. The molecular weight excluding hydrogens is 136 g/mol. The van der Waals surface area contributed by atoms with Gasteiger partial charge in [-0.15, -0.1) is 0 Å². The van der Waals surface area contributed by atoms with Crippen molar-refractivity contribution in [3.8, 4) is 6.07 Å². The molecule has 0 radical (unpaired) electrons. The fraction of sp³-hybridized carbons (Fsp3) is 0. The van der Waals surface area contributed by atoms with E-state index in [9.17, 15) is 0 Å². The number of rotatable bonds is 2. The molecule has 2 nitrogen and oxygen atoms in total. The highest BCUT2D eigenvalue weighted by Gasteiger charge is 1.81. The Morgan fingerprint density at radius 3 is 2.56 bits per heavy atom. The highest BCUT2D eigenvalue weighted by atomic mass is 35.5. The van der Waals surface area contributed by atoms with Crippen LogP contribution in [0.5, 0.6) is 0 Å². The van der Waals surface area contributed by atoms with Crippen molar-refractivity contribution in [1.29, 1.82) is 5.26 Å². The molecule has 0 unspecified atom stereocenters. The molecule has 0 aliphatic carbocycles. The second kappa shape index (κ2) is 3.88. The Balaban J connectivity index is 3.90. The summed E-state index contributed by atoms with van der Waals surface area (Å²) in [4.78, 5) is 3.52. The molecule has 0 aromatic carbocycles. The van der Waals surface area contributed by atoms with Crippen LogP contribution in [0, 0.1) is 11.3 Å². The van der Waals surface area contributed by atoms with Gasteiger partial charge in [0.1, 0.15) is 11.2 Å². The standard InChI is InChI=1S/C6H5ClN2/c1-5(3-8)4-9-6(2)7/h4H,1-2H2. The van der Waals surface area contributed by atoms with E-state index in [2.05, 4.69) is 18.2 Å². The molecule has 0 N–H and O–H groups in total. The minimum absolute atomic E-state index is 0.145. The van der Waals surface area contributed by atoms with Crippen molar-refractivity contribution in [2.45, 2.75) is 0 Å². The molecule has 0 aliphatic rings. The number of allylic oxidation sites excluding steroid dienone is 1. The largest absolute Gasteiger partial charge is 0.244 e. The SMILES string of the molecule is C=C(C#N)C=NC(=C)Cl. The minimum Gasteiger partial charge on any atom is -0.244 e. The zero-order valence-corrected chi connectivity index (χ0v) is 5.52. The molecule has 46 valence electrons. The number of nitrogens with zero attached hydrogens (tertiary/aromatic N) is 2. The Kier molecular flexibility index (Phi) is 3.41.